The van der Waals surface area contributed by atoms with Crippen molar-refractivity contribution < 1.29 is 4.42 Å². The Balaban J connectivity index is 0.00000312. The van der Waals surface area contributed by atoms with Crippen molar-refractivity contribution in [3.8, 4) is 0 Å². The maximum absolute atomic E-state index is 5.84. The number of hydrogen-bond acceptors (Lipinski definition) is 4. The number of aromatic nitrogens is 1. The van der Waals surface area contributed by atoms with Gasteiger partial charge in [0, 0.05) is 31.6 Å². The first-order valence-corrected chi connectivity index (χ1v) is 9.03. The summed E-state index contributed by atoms with van der Waals surface area (Å²) in [4.78, 5) is 13.7. The van der Waals surface area contributed by atoms with Crippen LogP contribution in [0.4, 0.5) is 0 Å². The SMILES string of the molecule is CCN(CC)C1CCN(C(=NC)NCc2ncc(C(C)(C)C)o2)C1.I. The summed E-state index contributed by atoms with van der Waals surface area (Å²) < 4.78 is 5.84. The standard InChI is InChI=1S/C18H33N5O.HI/c1-7-22(8-2)14-9-10-23(13-14)17(19-6)21-12-16-20-11-15(24-16)18(3,4)5;/h11,14H,7-10,12-13H2,1-6H3,(H,19,21);1H. The zero-order valence-corrected chi connectivity index (χ0v) is 18.8. The molecule has 2 heterocycles. The molecule has 1 unspecified atom stereocenters. The van der Waals surface area contributed by atoms with Crippen LogP contribution in [0.25, 0.3) is 0 Å². The molecule has 1 fully saturated rings. The van der Waals surface area contributed by atoms with E-state index in [0.29, 0.717) is 18.5 Å². The molecule has 7 heteroatoms. The highest BCUT2D eigenvalue weighted by molar-refractivity contribution is 14.0. The van der Waals surface area contributed by atoms with E-state index in [1.807, 2.05) is 13.2 Å². The van der Waals surface area contributed by atoms with Crippen LogP contribution in [0, 0.1) is 0 Å². The predicted octanol–water partition coefficient (Wildman–Crippen LogP) is 3.08. The lowest BCUT2D eigenvalue weighted by Gasteiger charge is -2.27. The van der Waals surface area contributed by atoms with Crippen molar-refractivity contribution in [2.45, 2.75) is 59.0 Å². The fourth-order valence-corrected chi connectivity index (χ4v) is 3.20. The van der Waals surface area contributed by atoms with Crippen LogP contribution >= 0.6 is 24.0 Å². The van der Waals surface area contributed by atoms with Gasteiger partial charge in [-0.2, -0.15) is 0 Å². The molecular weight excluding hydrogens is 429 g/mol. The third-order valence-corrected chi connectivity index (χ3v) is 4.69. The summed E-state index contributed by atoms with van der Waals surface area (Å²) in [5, 5.41) is 3.39. The Labute approximate surface area is 169 Å². The molecule has 1 N–H and O–H groups in total. The summed E-state index contributed by atoms with van der Waals surface area (Å²) in [5.74, 6) is 2.55. The number of rotatable bonds is 5. The Bertz CT molecular complexity index is 548. The monoisotopic (exact) mass is 463 g/mol. The molecule has 2 rings (SSSR count). The van der Waals surface area contributed by atoms with Crippen LogP contribution in [0.2, 0.25) is 0 Å². The average molecular weight is 463 g/mol. The molecule has 0 amide bonds. The van der Waals surface area contributed by atoms with E-state index in [1.165, 1.54) is 6.42 Å². The second-order valence-corrected chi connectivity index (χ2v) is 7.38. The van der Waals surface area contributed by atoms with Gasteiger partial charge in [-0.25, -0.2) is 4.98 Å². The molecule has 0 bridgehead atoms. The molecule has 1 atom stereocenters. The molecule has 0 aromatic carbocycles. The van der Waals surface area contributed by atoms with Gasteiger partial charge >= 0.3 is 0 Å². The fourth-order valence-electron chi connectivity index (χ4n) is 3.20. The second kappa shape index (κ2) is 9.75. The fraction of sp³-hybridized carbons (Fsp3) is 0.778. The summed E-state index contributed by atoms with van der Waals surface area (Å²) >= 11 is 0. The van der Waals surface area contributed by atoms with Gasteiger partial charge < -0.3 is 14.6 Å². The van der Waals surface area contributed by atoms with Crippen molar-refractivity contribution in [2.75, 3.05) is 33.2 Å². The molecule has 0 spiro atoms. The molecule has 0 radical (unpaired) electrons. The maximum atomic E-state index is 5.84. The van der Waals surface area contributed by atoms with E-state index in [-0.39, 0.29) is 29.4 Å². The molecule has 1 aliphatic rings. The highest BCUT2D eigenvalue weighted by atomic mass is 127. The van der Waals surface area contributed by atoms with Crippen LogP contribution in [-0.2, 0) is 12.0 Å². The minimum atomic E-state index is -0.0150. The first kappa shape index (κ1) is 22.2. The smallest absolute Gasteiger partial charge is 0.213 e. The van der Waals surface area contributed by atoms with Crippen molar-refractivity contribution in [3.05, 3.63) is 17.8 Å². The van der Waals surface area contributed by atoms with Crippen molar-refractivity contribution in [1.29, 1.82) is 0 Å². The molecular formula is C18H34IN5O. The minimum absolute atomic E-state index is 0. The highest BCUT2D eigenvalue weighted by Crippen LogP contribution is 2.22. The van der Waals surface area contributed by atoms with Crippen molar-refractivity contribution in [2.24, 2.45) is 4.99 Å². The van der Waals surface area contributed by atoms with Gasteiger partial charge in [0.25, 0.3) is 0 Å². The zero-order valence-electron chi connectivity index (χ0n) is 16.5. The number of nitrogens with zero attached hydrogens (tertiary/aromatic N) is 4. The molecule has 25 heavy (non-hydrogen) atoms. The maximum Gasteiger partial charge on any atom is 0.213 e. The van der Waals surface area contributed by atoms with Crippen LogP contribution < -0.4 is 5.32 Å². The van der Waals surface area contributed by atoms with E-state index in [4.69, 9.17) is 4.42 Å². The van der Waals surface area contributed by atoms with E-state index >= 15 is 0 Å². The van der Waals surface area contributed by atoms with Gasteiger partial charge in [0.2, 0.25) is 5.89 Å². The zero-order chi connectivity index (χ0) is 17.7. The summed E-state index contributed by atoms with van der Waals surface area (Å²) in [6, 6.07) is 0.618. The molecule has 0 saturated carbocycles. The molecule has 6 nitrogen and oxygen atoms in total. The van der Waals surface area contributed by atoms with Gasteiger partial charge in [-0.05, 0) is 19.5 Å². The number of hydrogen-bond donors (Lipinski definition) is 1. The van der Waals surface area contributed by atoms with Gasteiger partial charge in [0.05, 0.1) is 12.7 Å². The number of nitrogens with one attached hydrogen (secondary N) is 1. The lowest BCUT2D eigenvalue weighted by Crippen LogP contribution is -2.43. The first-order valence-electron chi connectivity index (χ1n) is 9.03. The molecule has 1 aromatic heterocycles. The number of guanidine groups is 1. The Hall–Kier alpha value is -0.830. The third-order valence-electron chi connectivity index (χ3n) is 4.69. The number of oxazole rings is 1. The molecule has 0 aliphatic carbocycles. The van der Waals surface area contributed by atoms with Gasteiger partial charge in [0.1, 0.15) is 5.76 Å². The van der Waals surface area contributed by atoms with E-state index in [9.17, 15) is 0 Å². The summed E-state index contributed by atoms with van der Waals surface area (Å²) in [6.07, 6.45) is 3.02. The van der Waals surface area contributed by atoms with Crippen LogP contribution in [0.5, 0.6) is 0 Å². The Kier molecular flexibility index (Phi) is 8.67. The molecule has 1 aromatic rings. The Morgan fingerprint density at radius 2 is 2.08 bits per heavy atom. The molecule has 1 aliphatic heterocycles. The second-order valence-electron chi connectivity index (χ2n) is 7.38. The normalized spacial score (nSPS) is 18.6. The number of aliphatic imine (C=N–C) groups is 1. The predicted molar refractivity (Wildman–Crippen MR) is 114 cm³/mol. The number of halogens is 1. The topological polar surface area (TPSA) is 56.9 Å². The van der Waals surface area contributed by atoms with Crippen LogP contribution in [0.15, 0.2) is 15.6 Å². The summed E-state index contributed by atoms with van der Waals surface area (Å²) in [6.45, 7) is 15.7. The number of likely N-dealkylation sites (N-methyl/N-ethyl adjacent to an activating group) is 1. The van der Waals surface area contributed by atoms with Gasteiger partial charge in [-0.1, -0.05) is 34.6 Å². The third kappa shape index (κ3) is 5.84. The van der Waals surface area contributed by atoms with E-state index in [1.54, 1.807) is 0 Å². The van der Waals surface area contributed by atoms with E-state index in [0.717, 1.165) is 37.9 Å². The van der Waals surface area contributed by atoms with E-state index < -0.39 is 0 Å². The van der Waals surface area contributed by atoms with Gasteiger partial charge in [-0.3, -0.25) is 9.89 Å². The van der Waals surface area contributed by atoms with Crippen molar-refractivity contribution in [1.82, 2.24) is 20.1 Å². The van der Waals surface area contributed by atoms with Gasteiger partial charge in [-0.15, -0.1) is 24.0 Å². The van der Waals surface area contributed by atoms with E-state index in [2.05, 4.69) is 59.7 Å². The average Bonchev–Trinajstić information content (AvgIpc) is 3.19. The Morgan fingerprint density at radius 3 is 2.60 bits per heavy atom. The lowest BCUT2D eigenvalue weighted by molar-refractivity contribution is 0.223. The first-order chi connectivity index (χ1) is 11.4. The Morgan fingerprint density at radius 1 is 1.40 bits per heavy atom. The quantitative estimate of drug-likeness (QED) is 0.413. The van der Waals surface area contributed by atoms with Crippen molar-refractivity contribution in [3.63, 3.8) is 0 Å². The lowest BCUT2D eigenvalue weighted by atomic mass is 9.94. The van der Waals surface area contributed by atoms with Crippen LogP contribution in [-0.4, -0.2) is 60.0 Å². The van der Waals surface area contributed by atoms with Crippen LogP contribution in [0.3, 0.4) is 0 Å². The molecule has 144 valence electrons. The molecule has 1 saturated heterocycles. The largest absolute Gasteiger partial charge is 0.443 e. The van der Waals surface area contributed by atoms with Crippen LogP contribution in [0.1, 0.15) is 52.7 Å². The van der Waals surface area contributed by atoms with Crippen molar-refractivity contribution >= 4 is 29.9 Å². The minimum Gasteiger partial charge on any atom is -0.443 e. The summed E-state index contributed by atoms with van der Waals surface area (Å²) in [5.41, 5.74) is -0.0150. The van der Waals surface area contributed by atoms with Gasteiger partial charge in [0.15, 0.2) is 5.96 Å². The summed E-state index contributed by atoms with van der Waals surface area (Å²) in [7, 11) is 1.84. The highest BCUT2D eigenvalue weighted by Gasteiger charge is 2.28. The number of likely N-dealkylation sites (tertiary alicyclic amines) is 1.